The lowest BCUT2D eigenvalue weighted by atomic mass is 9.89. The van der Waals surface area contributed by atoms with Crippen molar-refractivity contribution in [2.45, 2.75) is 20.8 Å². The summed E-state index contributed by atoms with van der Waals surface area (Å²) in [6.07, 6.45) is 4.22. The summed E-state index contributed by atoms with van der Waals surface area (Å²) in [7, 11) is 0. The van der Waals surface area contributed by atoms with Gasteiger partial charge in [-0.2, -0.15) is 0 Å². The van der Waals surface area contributed by atoms with Gasteiger partial charge in [0.15, 0.2) is 0 Å². The molecule has 116 valence electrons. The zero-order chi connectivity index (χ0) is 16.6. The summed E-state index contributed by atoms with van der Waals surface area (Å²) in [5.41, 5.74) is 11.8. The number of nitrogens with one attached hydrogen (secondary N) is 1. The zero-order valence-corrected chi connectivity index (χ0v) is 13.6. The Morgan fingerprint density at radius 3 is 2.57 bits per heavy atom. The van der Waals surface area contributed by atoms with Gasteiger partial charge in [0.25, 0.3) is 0 Å². The smallest absolute Gasteiger partial charge is 0.137 e. The van der Waals surface area contributed by atoms with Crippen LogP contribution >= 0.6 is 0 Å². The average Bonchev–Trinajstić information content (AvgIpc) is 2.54. The normalized spacial score (nSPS) is 13.0. The number of anilines is 1. The minimum absolute atomic E-state index is 0.431. The average molecular weight is 304 g/mol. The number of hydrogen-bond donors (Lipinski definition) is 2. The number of allylic oxidation sites excluding steroid dienone is 4. The molecular formula is C20H20N2O. The van der Waals surface area contributed by atoms with Gasteiger partial charge in [0.1, 0.15) is 11.3 Å². The summed E-state index contributed by atoms with van der Waals surface area (Å²) >= 11 is 0. The standard InChI is InChI=1S/C20H20N2O/c1-4-12(3)15(5-2)20-16-8-6-13(21)10-18(16)23-19-11-14(22)7-9-17(19)20/h4-11,21H,22H2,1-3H3/b12-4-,15-5+,21-13?. The maximum Gasteiger partial charge on any atom is 0.137 e. The van der Waals surface area contributed by atoms with E-state index in [1.165, 1.54) is 11.1 Å². The SMILES string of the molecule is C/C=C(C)\C(=C/C)c1c2ccc(=N)cc-2oc2cc(N)ccc12. The first-order valence-corrected chi connectivity index (χ1v) is 7.66. The van der Waals surface area contributed by atoms with Gasteiger partial charge in [-0.25, -0.2) is 0 Å². The molecule has 0 atom stereocenters. The zero-order valence-electron chi connectivity index (χ0n) is 13.6. The van der Waals surface area contributed by atoms with Crippen LogP contribution in [0, 0.1) is 5.41 Å². The molecular weight excluding hydrogens is 284 g/mol. The first-order valence-electron chi connectivity index (χ1n) is 7.66. The molecule has 1 heterocycles. The highest BCUT2D eigenvalue weighted by molar-refractivity contribution is 6.02. The van der Waals surface area contributed by atoms with Crippen LogP contribution in [-0.2, 0) is 0 Å². The Hall–Kier alpha value is -2.81. The van der Waals surface area contributed by atoms with Gasteiger partial charge in [-0.3, -0.25) is 0 Å². The summed E-state index contributed by atoms with van der Waals surface area (Å²) < 4.78 is 6.01. The topological polar surface area (TPSA) is 63.0 Å². The molecule has 2 aliphatic rings. The summed E-state index contributed by atoms with van der Waals surface area (Å²) in [6.45, 7) is 6.18. The molecule has 23 heavy (non-hydrogen) atoms. The van der Waals surface area contributed by atoms with Crippen molar-refractivity contribution in [3.63, 3.8) is 0 Å². The minimum Gasteiger partial charge on any atom is -0.456 e. The molecule has 1 aromatic carbocycles. The van der Waals surface area contributed by atoms with Crippen molar-refractivity contribution in [3.8, 4) is 11.3 Å². The van der Waals surface area contributed by atoms with Crippen LogP contribution in [0.5, 0.6) is 0 Å². The lowest BCUT2D eigenvalue weighted by Crippen LogP contribution is -2.02. The number of nitrogen functional groups attached to an aromatic ring is 1. The van der Waals surface area contributed by atoms with Crippen molar-refractivity contribution < 1.29 is 4.42 Å². The number of fused-ring (bicyclic) bond motifs is 2. The molecule has 1 aliphatic carbocycles. The van der Waals surface area contributed by atoms with Crippen LogP contribution in [0.25, 0.3) is 27.9 Å². The van der Waals surface area contributed by atoms with Gasteiger partial charge < -0.3 is 15.6 Å². The molecule has 0 spiro atoms. The number of nitrogens with two attached hydrogens (primary N) is 1. The fraction of sp³-hybridized carbons (Fsp3) is 0.150. The molecule has 0 aromatic heterocycles. The van der Waals surface area contributed by atoms with E-state index < -0.39 is 0 Å². The van der Waals surface area contributed by atoms with Crippen molar-refractivity contribution >= 4 is 22.2 Å². The molecule has 0 fully saturated rings. The van der Waals surface area contributed by atoms with E-state index >= 15 is 0 Å². The first kappa shape index (κ1) is 15.1. The summed E-state index contributed by atoms with van der Waals surface area (Å²) in [5.74, 6) is 0.703. The van der Waals surface area contributed by atoms with Crippen LogP contribution in [0.15, 0.2) is 58.5 Å². The van der Waals surface area contributed by atoms with E-state index in [0.717, 1.165) is 22.1 Å². The monoisotopic (exact) mass is 304 g/mol. The predicted octanol–water partition coefficient (Wildman–Crippen LogP) is 4.97. The second-order valence-electron chi connectivity index (χ2n) is 5.62. The highest BCUT2D eigenvalue weighted by Gasteiger charge is 2.18. The van der Waals surface area contributed by atoms with Crippen molar-refractivity contribution in [2.75, 3.05) is 5.73 Å². The first-order chi connectivity index (χ1) is 11.0. The summed E-state index contributed by atoms with van der Waals surface area (Å²) in [6, 6.07) is 11.2. The summed E-state index contributed by atoms with van der Waals surface area (Å²) in [5, 5.41) is 9.32. The van der Waals surface area contributed by atoms with E-state index in [1.807, 2.05) is 38.1 Å². The Morgan fingerprint density at radius 1 is 1.09 bits per heavy atom. The van der Waals surface area contributed by atoms with Gasteiger partial charge >= 0.3 is 0 Å². The van der Waals surface area contributed by atoms with Gasteiger partial charge in [-0.1, -0.05) is 12.2 Å². The fourth-order valence-corrected chi connectivity index (χ4v) is 2.92. The third-order valence-electron chi connectivity index (χ3n) is 4.16. The highest BCUT2D eigenvalue weighted by atomic mass is 16.3. The Labute approximate surface area is 135 Å². The van der Waals surface area contributed by atoms with Gasteiger partial charge in [-0.05, 0) is 56.2 Å². The fourth-order valence-electron chi connectivity index (χ4n) is 2.92. The third-order valence-corrected chi connectivity index (χ3v) is 4.16. The Bertz CT molecular complexity index is 977. The molecule has 3 N–H and O–H groups in total. The quantitative estimate of drug-likeness (QED) is 0.399. The molecule has 3 heteroatoms. The molecule has 0 unspecified atom stereocenters. The number of benzene rings is 2. The van der Waals surface area contributed by atoms with E-state index in [0.29, 0.717) is 16.8 Å². The molecule has 0 saturated carbocycles. The van der Waals surface area contributed by atoms with E-state index in [-0.39, 0.29) is 0 Å². The van der Waals surface area contributed by atoms with Crippen LogP contribution in [0.3, 0.4) is 0 Å². The molecule has 0 radical (unpaired) electrons. The number of rotatable bonds is 2. The van der Waals surface area contributed by atoms with Crippen LogP contribution in [0.4, 0.5) is 5.69 Å². The molecule has 1 aromatic rings. The summed E-state index contributed by atoms with van der Waals surface area (Å²) in [4.78, 5) is 0. The number of hydrogen-bond acceptors (Lipinski definition) is 3. The van der Waals surface area contributed by atoms with Crippen molar-refractivity contribution in [3.05, 3.63) is 65.0 Å². The second-order valence-corrected chi connectivity index (χ2v) is 5.62. The van der Waals surface area contributed by atoms with Gasteiger partial charge in [0, 0.05) is 34.3 Å². The molecule has 3 rings (SSSR count). The van der Waals surface area contributed by atoms with E-state index in [9.17, 15) is 0 Å². The van der Waals surface area contributed by atoms with Crippen molar-refractivity contribution in [1.82, 2.24) is 0 Å². The van der Waals surface area contributed by atoms with Gasteiger partial charge in [0.2, 0.25) is 0 Å². The Balaban J connectivity index is 2.52. The maximum atomic E-state index is 7.86. The van der Waals surface area contributed by atoms with E-state index in [4.69, 9.17) is 15.6 Å². The largest absolute Gasteiger partial charge is 0.456 e. The van der Waals surface area contributed by atoms with Crippen molar-refractivity contribution in [1.29, 1.82) is 5.41 Å². The second kappa shape index (κ2) is 5.76. The Morgan fingerprint density at radius 2 is 1.87 bits per heavy atom. The predicted molar refractivity (Wildman–Crippen MR) is 96.2 cm³/mol. The molecule has 0 bridgehead atoms. The minimum atomic E-state index is 0.431. The van der Waals surface area contributed by atoms with E-state index in [1.54, 1.807) is 12.1 Å². The van der Waals surface area contributed by atoms with Crippen molar-refractivity contribution in [2.24, 2.45) is 0 Å². The van der Waals surface area contributed by atoms with Crippen LogP contribution in [-0.4, -0.2) is 0 Å². The Kier molecular flexibility index (Phi) is 3.78. The maximum absolute atomic E-state index is 7.86. The molecule has 3 nitrogen and oxygen atoms in total. The lowest BCUT2D eigenvalue weighted by molar-refractivity contribution is 0.618. The van der Waals surface area contributed by atoms with Crippen LogP contribution in [0.2, 0.25) is 0 Å². The van der Waals surface area contributed by atoms with Gasteiger partial charge in [-0.15, -0.1) is 0 Å². The van der Waals surface area contributed by atoms with Crippen LogP contribution in [0.1, 0.15) is 26.3 Å². The molecule has 0 saturated heterocycles. The highest BCUT2D eigenvalue weighted by Crippen LogP contribution is 2.39. The third kappa shape index (κ3) is 2.55. The van der Waals surface area contributed by atoms with E-state index in [2.05, 4.69) is 19.1 Å². The molecule has 1 aliphatic heterocycles. The molecule has 0 amide bonds. The van der Waals surface area contributed by atoms with Gasteiger partial charge in [0.05, 0.1) is 5.36 Å². The lowest BCUT2D eigenvalue weighted by Gasteiger charge is -2.18. The van der Waals surface area contributed by atoms with Crippen LogP contribution < -0.4 is 11.1 Å².